The van der Waals surface area contributed by atoms with Crippen LogP contribution in [0.1, 0.15) is 91.4 Å². The number of thiazole rings is 1. The molecule has 3 heterocycles. The standard InChI is InChI=1S/C30H44BrN3SSi/c1-21(2)36(22(3)4,23(5)6)34-19-14-24-20-25(12-13-26(24)34)29-32-28(31)27(35-29)30(15-8-7-9-16-30)33-17-10-11-18-33/h12-14,19-23H,7-11,15-18H2,1-6H3. The van der Waals surface area contributed by atoms with Crippen LogP contribution in [0, 0.1) is 0 Å². The molecule has 0 unspecified atom stereocenters. The van der Waals surface area contributed by atoms with Crippen molar-refractivity contribution in [2.75, 3.05) is 13.1 Å². The number of benzene rings is 1. The van der Waals surface area contributed by atoms with E-state index in [2.05, 4.69) is 97.1 Å². The Bertz CT molecular complexity index is 1180. The Kier molecular flexibility index (Phi) is 7.63. The maximum atomic E-state index is 5.13. The SMILES string of the molecule is CC(C)[Si](C(C)C)(C(C)C)n1ccc2cc(-c3nc(Br)c(C4(N5CCCC5)CCCCC4)s3)ccc21. The van der Waals surface area contributed by atoms with Crippen LogP contribution in [0.15, 0.2) is 35.1 Å². The van der Waals surface area contributed by atoms with Gasteiger partial charge >= 0.3 is 0 Å². The Balaban J connectivity index is 1.55. The van der Waals surface area contributed by atoms with Gasteiger partial charge in [-0.2, -0.15) is 0 Å². The van der Waals surface area contributed by atoms with Crippen molar-refractivity contribution in [3.8, 4) is 10.6 Å². The van der Waals surface area contributed by atoms with Crippen LogP contribution in [0.2, 0.25) is 16.6 Å². The zero-order chi connectivity index (χ0) is 25.7. The number of halogens is 1. The number of nitrogens with zero attached hydrogens (tertiary/aromatic N) is 3. The van der Waals surface area contributed by atoms with Crippen LogP contribution in [0.5, 0.6) is 0 Å². The van der Waals surface area contributed by atoms with Gasteiger partial charge in [-0.15, -0.1) is 11.3 Å². The predicted molar refractivity (Wildman–Crippen MR) is 163 cm³/mol. The molecule has 3 nitrogen and oxygen atoms in total. The summed E-state index contributed by atoms with van der Waals surface area (Å²) in [5.41, 5.74) is 4.90. The molecule has 0 N–H and O–H groups in total. The molecule has 2 aliphatic rings. The minimum absolute atomic E-state index is 0.188. The van der Waals surface area contributed by atoms with E-state index < -0.39 is 8.24 Å². The zero-order valence-corrected chi connectivity index (χ0v) is 26.5. The topological polar surface area (TPSA) is 21.1 Å². The van der Waals surface area contributed by atoms with Gasteiger partial charge in [0.15, 0.2) is 8.24 Å². The van der Waals surface area contributed by atoms with Crippen LogP contribution < -0.4 is 0 Å². The van der Waals surface area contributed by atoms with E-state index in [9.17, 15) is 0 Å². The van der Waals surface area contributed by atoms with Crippen LogP contribution >= 0.6 is 27.3 Å². The van der Waals surface area contributed by atoms with Gasteiger partial charge in [0.1, 0.15) is 9.61 Å². The molecule has 0 spiro atoms. The highest BCUT2D eigenvalue weighted by molar-refractivity contribution is 9.10. The lowest BCUT2D eigenvalue weighted by Gasteiger charge is -2.44. The maximum absolute atomic E-state index is 5.13. The quantitative estimate of drug-likeness (QED) is 0.257. The highest BCUT2D eigenvalue weighted by atomic mass is 79.9. The van der Waals surface area contributed by atoms with Crippen LogP contribution in [0.4, 0.5) is 0 Å². The molecule has 36 heavy (non-hydrogen) atoms. The molecule has 196 valence electrons. The van der Waals surface area contributed by atoms with Crippen LogP contribution in [-0.4, -0.2) is 35.4 Å². The van der Waals surface area contributed by atoms with Gasteiger partial charge in [0.25, 0.3) is 0 Å². The summed E-state index contributed by atoms with van der Waals surface area (Å²) in [6, 6.07) is 9.46. The molecule has 0 bridgehead atoms. The summed E-state index contributed by atoms with van der Waals surface area (Å²) in [6.45, 7) is 17.2. The third kappa shape index (κ3) is 4.19. The van der Waals surface area contributed by atoms with E-state index >= 15 is 0 Å². The predicted octanol–water partition coefficient (Wildman–Crippen LogP) is 9.81. The number of aromatic nitrogens is 2. The van der Waals surface area contributed by atoms with E-state index in [1.165, 1.54) is 79.4 Å². The number of likely N-dealkylation sites (tertiary alicyclic amines) is 1. The maximum Gasteiger partial charge on any atom is 0.169 e. The Morgan fingerprint density at radius 1 is 0.889 bits per heavy atom. The molecule has 1 aliphatic carbocycles. The molecule has 3 aromatic rings. The fourth-order valence-corrected chi connectivity index (χ4v) is 16.9. The Morgan fingerprint density at radius 2 is 1.53 bits per heavy atom. The molecular weight excluding hydrogens is 542 g/mol. The molecule has 1 saturated heterocycles. The molecule has 5 rings (SSSR count). The molecule has 1 saturated carbocycles. The minimum atomic E-state index is -1.77. The lowest BCUT2D eigenvalue weighted by Crippen LogP contribution is -2.51. The van der Waals surface area contributed by atoms with E-state index in [0.29, 0.717) is 16.6 Å². The molecule has 0 radical (unpaired) electrons. The molecule has 1 aliphatic heterocycles. The van der Waals surface area contributed by atoms with Gasteiger partial charge in [-0.3, -0.25) is 4.90 Å². The molecular formula is C30H44BrN3SSi. The fourth-order valence-electron chi connectivity index (χ4n) is 8.13. The molecule has 0 amide bonds. The second-order valence-corrected chi connectivity index (χ2v) is 19.7. The van der Waals surface area contributed by atoms with Crippen molar-refractivity contribution in [3.05, 3.63) is 39.9 Å². The molecule has 2 aromatic heterocycles. The van der Waals surface area contributed by atoms with Gasteiger partial charge < -0.3 is 4.23 Å². The third-order valence-corrected chi connectivity index (χ3v) is 18.4. The van der Waals surface area contributed by atoms with Gasteiger partial charge in [-0.1, -0.05) is 60.8 Å². The second-order valence-electron chi connectivity index (χ2n) is 12.2. The smallest absolute Gasteiger partial charge is 0.169 e. The van der Waals surface area contributed by atoms with E-state index in [0.717, 1.165) is 9.61 Å². The lowest BCUT2D eigenvalue weighted by atomic mass is 9.79. The number of hydrogen-bond acceptors (Lipinski definition) is 3. The van der Waals surface area contributed by atoms with Crippen molar-refractivity contribution in [1.29, 1.82) is 0 Å². The van der Waals surface area contributed by atoms with Crippen molar-refractivity contribution < 1.29 is 0 Å². The number of hydrogen-bond donors (Lipinski definition) is 0. The summed E-state index contributed by atoms with van der Waals surface area (Å²) >= 11 is 5.88. The first-order chi connectivity index (χ1) is 17.2. The molecule has 1 aromatic carbocycles. The largest absolute Gasteiger partial charge is 0.373 e. The minimum Gasteiger partial charge on any atom is -0.373 e. The van der Waals surface area contributed by atoms with Crippen molar-refractivity contribution in [3.63, 3.8) is 0 Å². The van der Waals surface area contributed by atoms with E-state index in [1.807, 2.05) is 11.3 Å². The Labute approximate surface area is 231 Å². The van der Waals surface area contributed by atoms with Crippen LogP contribution in [0.25, 0.3) is 21.5 Å². The summed E-state index contributed by atoms with van der Waals surface area (Å²) < 4.78 is 3.81. The monoisotopic (exact) mass is 585 g/mol. The molecule has 0 atom stereocenters. The van der Waals surface area contributed by atoms with Crippen molar-refractivity contribution in [2.24, 2.45) is 0 Å². The average Bonchev–Trinajstić information content (AvgIpc) is 3.60. The highest BCUT2D eigenvalue weighted by Gasteiger charge is 2.46. The first-order valence-corrected chi connectivity index (χ1v) is 18.0. The van der Waals surface area contributed by atoms with Gasteiger partial charge in [0, 0.05) is 11.1 Å². The first kappa shape index (κ1) is 26.6. The van der Waals surface area contributed by atoms with Crippen LogP contribution in [0.3, 0.4) is 0 Å². The summed E-state index contributed by atoms with van der Waals surface area (Å²) in [6.07, 6.45) is 11.7. The zero-order valence-electron chi connectivity index (χ0n) is 23.1. The second kappa shape index (κ2) is 10.3. The van der Waals surface area contributed by atoms with Crippen LogP contribution in [-0.2, 0) is 5.54 Å². The van der Waals surface area contributed by atoms with E-state index in [4.69, 9.17) is 4.98 Å². The van der Waals surface area contributed by atoms with Gasteiger partial charge in [0.05, 0.1) is 10.4 Å². The summed E-state index contributed by atoms with van der Waals surface area (Å²) in [5, 5.41) is 2.52. The van der Waals surface area contributed by atoms with Gasteiger partial charge in [0.2, 0.25) is 0 Å². The molecule has 6 heteroatoms. The first-order valence-electron chi connectivity index (χ1n) is 14.3. The molecule has 2 fully saturated rings. The van der Waals surface area contributed by atoms with Gasteiger partial charge in [-0.25, -0.2) is 4.98 Å². The summed E-state index contributed by atoms with van der Waals surface area (Å²) in [4.78, 5) is 9.40. The number of rotatable bonds is 7. The Morgan fingerprint density at radius 3 is 2.14 bits per heavy atom. The summed E-state index contributed by atoms with van der Waals surface area (Å²) in [5.74, 6) is 0. The van der Waals surface area contributed by atoms with Crippen molar-refractivity contribution in [1.82, 2.24) is 14.1 Å². The Hall–Kier alpha value is -0.953. The van der Waals surface area contributed by atoms with E-state index in [-0.39, 0.29) is 5.54 Å². The van der Waals surface area contributed by atoms with Gasteiger partial charge in [-0.05, 0) is 107 Å². The lowest BCUT2D eigenvalue weighted by molar-refractivity contribution is 0.0732. The van der Waals surface area contributed by atoms with E-state index in [1.54, 1.807) is 0 Å². The average molecular weight is 587 g/mol. The van der Waals surface area contributed by atoms with Crippen molar-refractivity contribution >= 4 is 46.4 Å². The normalized spacial score (nSPS) is 19.4. The fraction of sp³-hybridized carbons (Fsp3) is 0.633. The summed E-state index contributed by atoms with van der Waals surface area (Å²) in [7, 11) is -1.77. The third-order valence-electron chi connectivity index (χ3n) is 9.53. The highest BCUT2D eigenvalue weighted by Crippen LogP contribution is 2.50. The van der Waals surface area contributed by atoms with Crippen molar-refractivity contribution in [2.45, 2.75) is 109 Å². The number of fused-ring (bicyclic) bond motifs is 1.